The second kappa shape index (κ2) is 14.2. The molecule has 234 valence electrons. The molecule has 1 saturated heterocycles. The molecule has 2 aromatic carbocycles. The highest BCUT2D eigenvalue weighted by Gasteiger charge is 2.14. The third kappa shape index (κ3) is 7.56. The zero-order chi connectivity index (χ0) is 31.0. The van der Waals surface area contributed by atoms with Crippen LogP contribution in [-0.2, 0) is 11.2 Å². The highest BCUT2D eigenvalue weighted by molar-refractivity contribution is 5.93. The normalized spacial score (nSPS) is 13.6. The smallest absolute Gasteiger partial charge is 0.415 e. The summed E-state index contributed by atoms with van der Waals surface area (Å²) >= 11 is 0. The fourth-order valence-corrected chi connectivity index (χ4v) is 5.22. The molecule has 5 aromatic rings. The summed E-state index contributed by atoms with van der Waals surface area (Å²) in [5, 5.41) is 7.85. The minimum absolute atomic E-state index is 0.0644. The van der Waals surface area contributed by atoms with Crippen molar-refractivity contribution < 1.29 is 23.7 Å². The Hall–Kier alpha value is -5.01. The predicted molar refractivity (Wildman–Crippen MR) is 170 cm³/mol. The zero-order valence-corrected chi connectivity index (χ0v) is 25.3. The first kappa shape index (κ1) is 30.0. The number of nitrogens with one attached hydrogen (secondary N) is 3. The van der Waals surface area contributed by atoms with Crippen molar-refractivity contribution >= 4 is 39.4 Å². The second-order valence-corrected chi connectivity index (χ2v) is 10.7. The number of rotatable bonds is 12. The van der Waals surface area contributed by atoms with E-state index in [1.54, 1.807) is 7.11 Å². The van der Waals surface area contributed by atoms with Crippen LogP contribution in [-0.4, -0.2) is 89.0 Å². The van der Waals surface area contributed by atoms with Crippen LogP contribution in [0.2, 0.25) is 0 Å². The van der Waals surface area contributed by atoms with Crippen LogP contribution in [0.4, 0.5) is 16.3 Å². The van der Waals surface area contributed by atoms with Gasteiger partial charge < -0.3 is 34.6 Å². The number of aromatic amines is 1. The average Bonchev–Trinajstić information content (AvgIpc) is 3.46. The van der Waals surface area contributed by atoms with Gasteiger partial charge in [-0.15, -0.1) is 0 Å². The van der Waals surface area contributed by atoms with E-state index >= 15 is 0 Å². The van der Waals surface area contributed by atoms with Crippen LogP contribution < -0.4 is 24.8 Å². The number of carbonyl (C=O) groups excluding carboxylic acids is 1. The summed E-state index contributed by atoms with van der Waals surface area (Å²) in [7, 11) is 1.60. The Bertz CT molecular complexity index is 1750. The van der Waals surface area contributed by atoms with E-state index < -0.39 is 6.09 Å². The van der Waals surface area contributed by atoms with Gasteiger partial charge in [0.05, 0.1) is 50.5 Å². The van der Waals surface area contributed by atoms with Crippen LogP contribution >= 0.6 is 0 Å². The SMILES string of the molecule is COc1cc2c(Nc3cnc(OC(=O)NCCc4c[nH]c5ccc(C)cc45)nc3)ncnc2cc1OCCCN1CCOCC1. The molecule has 3 aromatic heterocycles. The molecule has 0 saturated carbocycles. The van der Waals surface area contributed by atoms with E-state index in [1.807, 2.05) is 18.3 Å². The number of H-pyrrole nitrogens is 1. The molecule has 0 aliphatic carbocycles. The number of aryl methyl sites for hydroxylation is 1. The molecule has 3 N–H and O–H groups in total. The maximum atomic E-state index is 12.3. The number of fused-ring (bicyclic) bond motifs is 2. The molecule has 1 aliphatic heterocycles. The first-order valence-corrected chi connectivity index (χ1v) is 14.9. The lowest BCUT2D eigenvalue weighted by atomic mass is 10.1. The monoisotopic (exact) mass is 612 g/mol. The van der Waals surface area contributed by atoms with Crippen LogP contribution in [0.5, 0.6) is 17.5 Å². The molecule has 0 spiro atoms. The Morgan fingerprint density at radius 3 is 2.71 bits per heavy atom. The highest BCUT2D eigenvalue weighted by atomic mass is 16.6. The van der Waals surface area contributed by atoms with E-state index in [0.717, 1.165) is 61.1 Å². The number of amides is 1. The average molecular weight is 613 g/mol. The standard InChI is InChI=1S/C32H36N8O5/c1-21-4-5-26-24(14-21)22(17-34-26)6-7-33-32(41)45-31-35-18-23(19-36-31)39-30-25-15-28(42-2)29(16-27(25)37-20-38-30)44-11-3-8-40-9-12-43-13-10-40/h4-5,14-20,34H,3,6-13H2,1-2H3,(H,33,41)(H,37,38,39). The topological polar surface area (TPSA) is 149 Å². The van der Waals surface area contributed by atoms with Gasteiger partial charge in [0.1, 0.15) is 12.1 Å². The summed E-state index contributed by atoms with van der Waals surface area (Å²) in [6, 6.07) is 9.87. The van der Waals surface area contributed by atoms with Gasteiger partial charge in [0.15, 0.2) is 11.5 Å². The number of nitrogens with zero attached hydrogens (tertiary/aromatic N) is 5. The molecule has 0 radical (unpaired) electrons. The minimum Gasteiger partial charge on any atom is -0.493 e. The minimum atomic E-state index is -0.625. The lowest BCUT2D eigenvalue weighted by Crippen LogP contribution is -2.37. The summed E-state index contributed by atoms with van der Waals surface area (Å²) in [5.41, 5.74) is 4.62. The Labute approximate surface area is 260 Å². The van der Waals surface area contributed by atoms with Crippen molar-refractivity contribution in [3.05, 3.63) is 66.4 Å². The molecule has 4 heterocycles. The number of morpholine rings is 1. The van der Waals surface area contributed by atoms with Crippen molar-refractivity contribution in [2.24, 2.45) is 0 Å². The lowest BCUT2D eigenvalue weighted by molar-refractivity contribution is 0.0357. The molecular weight excluding hydrogens is 576 g/mol. The largest absolute Gasteiger partial charge is 0.493 e. The molecule has 1 aliphatic rings. The summed E-state index contributed by atoms with van der Waals surface area (Å²) in [4.78, 5) is 35.1. The highest BCUT2D eigenvalue weighted by Crippen LogP contribution is 2.34. The van der Waals surface area contributed by atoms with Crippen LogP contribution in [0, 0.1) is 6.92 Å². The Morgan fingerprint density at radius 2 is 1.89 bits per heavy atom. The van der Waals surface area contributed by atoms with Crippen molar-refractivity contribution in [1.82, 2.24) is 35.1 Å². The third-order valence-electron chi connectivity index (χ3n) is 7.56. The van der Waals surface area contributed by atoms with Crippen molar-refractivity contribution in [3.63, 3.8) is 0 Å². The molecular formula is C32H36N8O5. The zero-order valence-electron chi connectivity index (χ0n) is 25.3. The van der Waals surface area contributed by atoms with E-state index in [2.05, 4.69) is 65.6 Å². The summed E-state index contributed by atoms with van der Waals surface area (Å²) in [6.07, 6.45) is 7.39. The van der Waals surface area contributed by atoms with Crippen LogP contribution in [0.3, 0.4) is 0 Å². The maximum Gasteiger partial charge on any atom is 0.415 e. The quantitative estimate of drug-likeness (QED) is 0.172. The van der Waals surface area contributed by atoms with Gasteiger partial charge >= 0.3 is 12.1 Å². The number of hydrogen-bond donors (Lipinski definition) is 3. The van der Waals surface area contributed by atoms with Gasteiger partial charge in [-0.25, -0.2) is 24.7 Å². The molecule has 0 unspecified atom stereocenters. The molecule has 45 heavy (non-hydrogen) atoms. The Balaban J connectivity index is 1.02. The molecule has 13 heteroatoms. The van der Waals surface area contributed by atoms with Gasteiger partial charge in [-0.05, 0) is 43.5 Å². The van der Waals surface area contributed by atoms with Gasteiger partial charge in [0.25, 0.3) is 0 Å². The van der Waals surface area contributed by atoms with E-state index in [4.69, 9.17) is 18.9 Å². The number of benzene rings is 2. The van der Waals surface area contributed by atoms with Crippen LogP contribution in [0.15, 0.2) is 55.2 Å². The van der Waals surface area contributed by atoms with Gasteiger partial charge in [-0.1, -0.05) is 11.6 Å². The van der Waals surface area contributed by atoms with E-state index in [-0.39, 0.29) is 6.01 Å². The fourth-order valence-electron chi connectivity index (χ4n) is 5.22. The summed E-state index contributed by atoms with van der Waals surface area (Å²) in [5.74, 6) is 1.74. The number of aromatic nitrogens is 5. The van der Waals surface area contributed by atoms with E-state index in [0.29, 0.717) is 48.1 Å². The van der Waals surface area contributed by atoms with E-state index in [9.17, 15) is 4.79 Å². The van der Waals surface area contributed by atoms with Gasteiger partial charge in [-0.3, -0.25) is 4.90 Å². The van der Waals surface area contributed by atoms with Gasteiger partial charge in [0, 0.05) is 54.7 Å². The predicted octanol–water partition coefficient (Wildman–Crippen LogP) is 4.39. The third-order valence-corrected chi connectivity index (χ3v) is 7.56. The van der Waals surface area contributed by atoms with Crippen LogP contribution in [0.1, 0.15) is 17.5 Å². The molecule has 1 fully saturated rings. The molecule has 1 amide bonds. The van der Waals surface area contributed by atoms with Crippen molar-refractivity contribution in [2.75, 3.05) is 58.4 Å². The molecule has 13 nitrogen and oxygen atoms in total. The lowest BCUT2D eigenvalue weighted by Gasteiger charge is -2.26. The number of carbonyl (C=O) groups is 1. The number of hydrogen-bond acceptors (Lipinski definition) is 11. The second-order valence-electron chi connectivity index (χ2n) is 10.7. The molecule has 0 bridgehead atoms. The number of ether oxygens (including phenoxy) is 4. The van der Waals surface area contributed by atoms with E-state index in [1.165, 1.54) is 24.3 Å². The first-order valence-electron chi connectivity index (χ1n) is 14.9. The Kier molecular flexibility index (Phi) is 9.47. The Morgan fingerprint density at radius 1 is 1.04 bits per heavy atom. The maximum absolute atomic E-state index is 12.3. The number of anilines is 2. The first-order chi connectivity index (χ1) is 22.1. The summed E-state index contributed by atoms with van der Waals surface area (Å²) in [6.45, 7) is 7.45. The molecule has 6 rings (SSSR count). The van der Waals surface area contributed by atoms with Gasteiger partial charge in [0.2, 0.25) is 0 Å². The summed E-state index contributed by atoms with van der Waals surface area (Å²) < 4.78 is 22.4. The van der Waals surface area contributed by atoms with Crippen molar-refractivity contribution in [3.8, 4) is 17.5 Å². The fraction of sp³-hybridized carbons (Fsp3) is 0.344. The van der Waals surface area contributed by atoms with Crippen LogP contribution in [0.25, 0.3) is 21.8 Å². The van der Waals surface area contributed by atoms with Crippen molar-refractivity contribution in [2.45, 2.75) is 19.8 Å². The van der Waals surface area contributed by atoms with Gasteiger partial charge in [-0.2, -0.15) is 0 Å². The molecule has 0 atom stereocenters. The van der Waals surface area contributed by atoms with Crippen molar-refractivity contribution in [1.29, 1.82) is 0 Å². The number of methoxy groups -OCH3 is 1.